The molecular formula is C17H16FN. The molecule has 1 aromatic heterocycles. The molecule has 19 heavy (non-hydrogen) atoms. The molecule has 0 radical (unpaired) electrons. The molecule has 1 heterocycles. The summed E-state index contributed by atoms with van der Waals surface area (Å²) in [6.45, 7) is 0.439. The van der Waals surface area contributed by atoms with Gasteiger partial charge >= 0.3 is 0 Å². The van der Waals surface area contributed by atoms with E-state index in [1.54, 1.807) is 0 Å². The fourth-order valence-corrected chi connectivity index (χ4v) is 2.52. The average molecular weight is 253 g/mol. The van der Waals surface area contributed by atoms with E-state index in [2.05, 4.69) is 34.9 Å². The molecule has 0 N–H and O–H groups in total. The van der Waals surface area contributed by atoms with Crippen molar-refractivity contribution < 1.29 is 4.39 Å². The molecule has 3 rings (SSSR count). The van der Waals surface area contributed by atoms with Gasteiger partial charge < -0.3 is 4.57 Å². The van der Waals surface area contributed by atoms with E-state index in [1.807, 2.05) is 30.3 Å². The van der Waals surface area contributed by atoms with Crippen LogP contribution in [-0.4, -0.2) is 11.2 Å². The summed E-state index contributed by atoms with van der Waals surface area (Å²) in [7, 11) is 0. The topological polar surface area (TPSA) is 4.93 Å². The number of rotatable bonds is 4. The lowest BCUT2D eigenvalue weighted by molar-refractivity contribution is 0.451. The highest BCUT2D eigenvalue weighted by Gasteiger charge is 2.09. The normalized spacial score (nSPS) is 11.0. The molecule has 0 saturated carbocycles. The number of alkyl halides is 1. The maximum Gasteiger partial charge on any atom is 0.0911 e. The second-order valence-electron chi connectivity index (χ2n) is 4.65. The highest BCUT2D eigenvalue weighted by molar-refractivity contribution is 5.87. The van der Waals surface area contributed by atoms with Gasteiger partial charge in [0, 0.05) is 23.1 Å². The van der Waals surface area contributed by atoms with Gasteiger partial charge in [0.15, 0.2) is 0 Å². The number of benzene rings is 2. The number of aryl methyl sites for hydroxylation is 1. The molecule has 0 amide bonds. The van der Waals surface area contributed by atoms with Crippen LogP contribution in [0.3, 0.4) is 0 Å². The molecule has 1 nitrogen and oxygen atoms in total. The van der Waals surface area contributed by atoms with Crippen molar-refractivity contribution in [1.29, 1.82) is 0 Å². The second-order valence-corrected chi connectivity index (χ2v) is 4.65. The van der Waals surface area contributed by atoms with E-state index >= 15 is 0 Å². The molecule has 0 saturated heterocycles. The van der Waals surface area contributed by atoms with Crippen LogP contribution in [0.4, 0.5) is 4.39 Å². The minimum absolute atomic E-state index is 0.277. The molecule has 0 unspecified atom stereocenters. The summed E-state index contributed by atoms with van der Waals surface area (Å²) < 4.78 is 14.7. The summed E-state index contributed by atoms with van der Waals surface area (Å²) in [5.74, 6) is 0. The number of aromatic nitrogens is 1. The van der Waals surface area contributed by atoms with Crippen molar-refractivity contribution in [2.75, 3.05) is 6.67 Å². The Morgan fingerprint density at radius 2 is 1.63 bits per heavy atom. The van der Waals surface area contributed by atoms with Gasteiger partial charge in [-0.25, -0.2) is 0 Å². The van der Waals surface area contributed by atoms with Crippen molar-refractivity contribution in [3.63, 3.8) is 0 Å². The maximum absolute atomic E-state index is 12.5. The fraction of sp³-hybridized carbons (Fsp3) is 0.176. The first-order valence-corrected chi connectivity index (χ1v) is 6.60. The minimum Gasteiger partial charge on any atom is -0.340 e. The predicted molar refractivity (Wildman–Crippen MR) is 78.0 cm³/mol. The van der Waals surface area contributed by atoms with Crippen LogP contribution in [0.5, 0.6) is 0 Å². The smallest absolute Gasteiger partial charge is 0.0911 e. The van der Waals surface area contributed by atoms with Gasteiger partial charge in [0.05, 0.1) is 6.67 Å². The van der Waals surface area contributed by atoms with Gasteiger partial charge in [-0.05, 0) is 24.1 Å². The lowest BCUT2D eigenvalue weighted by atomic mass is 10.1. The summed E-state index contributed by atoms with van der Waals surface area (Å²) in [5.41, 5.74) is 3.52. The maximum atomic E-state index is 12.5. The Morgan fingerprint density at radius 3 is 2.42 bits per heavy atom. The molecule has 0 aliphatic rings. The Balaban J connectivity index is 2.17. The van der Waals surface area contributed by atoms with E-state index in [1.165, 1.54) is 16.5 Å². The minimum atomic E-state index is -0.277. The van der Waals surface area contributed by atoms with Crippen molar-refractivity contribution in [2.45, 2.75) is 13.0 Å². The number of hydrogen-bond acceptors (Lipinski definition) is 0. The number of nitrogens with zero attached hydrogens (tertiary/aromatic N) is 1. The van der Waals surface area contributed by atoms with Gasteiger partial charge in [-0.3, -0.25) is 4.39 Å². The molecule has 0 aliphatic carbocycles. The zero-order valence-electron chi connectivity index (χ0n) is 10.7. The van der Waals surface area contributed by atoms with Crippen molar-refractivity contribution >= 4 is 10.9 Å². The zero-order valence-corrected chi connectivity index (χ0v) is 10.7. The van der Waals surface area contributed by atoms with Crippen LogP contribution in [-0.2, 0) is 6.54 Å². The number of hydrogen-bond donors (Lipinski definition) is 0. The molecule has 0 bridgehead atoms. The lowest BCUT2D eigenvalue weighted by Gasteiger charge is -2.09. The van der Waals surface area contributed by atoms with Gasteiger partial charge in [-0.15, -0.1) is 0 Å². The zero-order chi connectivity index (χ0) is 13.1. The third-order valence-electron chi connectivity index (χ3n) is 3.40. The molecular weight excluding hydrogens is 237 g/mol. The Kier molecular flexibility index (Phi) is 3.32. The molecule has 2 heteroatoms. The van der Waals surface area contributed by atoms with Crippen LogP contribution in [0.25, 0.3) is 22.2 Å². The monoisotopic (exact) mass is 253 g/mol. The Hall–Kier alpha value is -2.09. The fourth-order valence-electron chi connectivity index (χ4n) is 2.52. The number of fused-ring (bicyclic) bond motifs is 1. The van der Waals surface area contributed by atoms with Crippen LogP contribution in [0.1, 0.15) is 6.42 Å². The van der Waals surface area contributed by atoms with Crippen LogP contribution in [0.15, 0.2) is 60.7 Å². The summed E-state index contributed by atoms with van der Waals surface area (Å²) >= 11 is 0. The van der Waals surface area contributed by atoms with Gasteiger partial charge in [-0.2, -0.15) is 0 Å². The Labute approximate surface area is 112 Å². The molecule has 0 spiro atoms. The third kappa shape index (κ3) is 2.26. The first-order chi connectivity index (χ1) is 9.40. The Morgan fingerprint density at radius 1 is 0.895 bits per heavy atom. The summed E-state index contributed by atoms with van der Waals surface area (Å²) in [5, 5.41) is 1.21. The highest BCUT2D eigenvalue weighted by Crippen LogP contribution is 2.28. The van der Waals surface area contributed by atoms with E-state index in [-0.39, 0.29) is 6.67 Å². The molecule has 96 valence electrons. The number of halogens is 1. The standard InChI is InChI=1S/C17H16FN/c18-11-6-12-19-16-10-5-4-9-15(16)13-17(19)14-7-2-1-3-8-14/h1-5,7-10,13H,6,11-12H2. The molecule has 2 aromatic carbocycles. The first kappa shape index (κ1) is 12.0. The van der Waals surface area contributed by atoms with E-state index < -0.39 is 0 Å². The number of para-hydroxylation sites is 1. The van der Waals surface area contributed by atoms with Crippen LogP contribution >= 0.6 is 0 Å². The van der Waals surface area contributed by atoms with Crippen molar-refractivity contribution in [1.82, 2.24) is 4.57 Å². The van der Waals surface area contributed by atoms with Gasteiger partial charge in [0.1, 0.15) is 0 Å². The lowest BCUT2D eigenvalue weighted by Crippen LogP contribution is -2.00. The van der Waals surface area contributed by atoms with Gasteiger partial charge in [0.25, 0.3) is 0 Å². The molecule has 0 fully saturated rings. The first-order valence-electron chi connectivity index (χ1n) is 6.60. The van der Waals surface area contributed by atoms with E-state index in [0.29, 0.717) is 13.0 Å². The summed E-state index contributed by atoms with van der Waals surface area (Å²) in [6, 6.07) is 20.7. The summed E-state index contributed by atoms with van der Waals surface area (Å²) in [4.78, 5) is 0. The van der Waals surface area contributed by atoms with E-state index in [9.17, 15) is 4.39 Å². The largest absolute Gasteiger partial charge is 0.340 e. The SMILES string of the molecule is FCCCn1c(-c2ccccc2)cc2ccccc21. The average Bonchev–Trinajstić information content (AvgIpc) is 2.85. The third-order valence-corrected chi connectivity index (χ3v) is 3.40. The van der Waals surface area contributed by atoms with Crippen molar-refractivity contribution in [3.05, 3.63) is 60.7 Å². The van der Waals surface area contributed by atoms with Crippen molar-refractivity contribution in [3.8, 4) is 11.3 Å². The quantitative estimate of drug-likeness (QED) is 0.637. The second kappa shape index (κ2) is 5.27. The van der Waals surface area contributed by atoms with Crippen molar-refractivity contribution in [2.24, 2.45) is 0 Å². The van der Waals surface area contributed by atoms with Gasteiger partial charge in [0.2, 0.25) is 0 Å². The van der Waals surface area contributed by atoms with Crippen LogP contribution in [0.2, 0.25) is 0 Å². The van der Waals surface area contributed by atoms with Crippen LogP contribution in [0, 0.1) is 0 Å². The predicted octanol–water partition coefficient (Wildman–Crippen LogP) is 4.67. The van der Waals surface area contributed by atoms with E-state index in [0.717, 1.165) is 5.69 Å². The molecule has 0 aliphatic heterocycles. The van der Waals surface area contributed by atoms with E-state index in [4.69, 9.17) is 0 Å². The molecule has 3 aromatic rings. The Bertz CT molecular complexity index is 670. The van der Waals surface area contributed by atoms with Crippen LogP contribution < -0.4 is 0 Å². The highest BCUT2D eigenvalue weighted by atomic mass is 19.1. The summed E-state index contributed by atoms with van der Waals surface area (Å²) in [6.07, 6.45) is 0.554. The molecule has 0 atom stereocenters. The van der Waals surface area contributed by atoms with Gasteiger partial charge in [-0.1, -0.05) is 48.5 Å².